The van der Waals surface area contributed by atoms with Gasteiger partial charge in [-0.2, -0.15) is 0 Å². The summed E-state index contributed by atoms with van der Waals surface area (Å²) in [6, 6.07) is 10.6. The molecular weight excluding hydrogens is 236 g/mol. The first-order valence-electron chi connectivity index (χ1n) is 6.74. The van der Waals surface area contributed by atoms with E-state index in [9.17, 15) is 0 Å². The molecule has 0 aliphatic heterocycles. The summed E-state index contributed by atoms with van der Waals surface area (Å²) in [4.78, 5) is 2.20. The van der Waals surface area contributed by atoms with Crippen molar-refractivity contribution in [3.8, 4) is 0 Å². The van der Waals surface area contributed by atoms with Crippen molar-refractivity contribution in [2.24, 2.45) is 0 Å². The second-order valence-corrected chi connectivity index (χ2v) is 4.84. The van der Waals surface area contributed by atoms with E-state index in [4.69, 9.17) is 4.42 Å². The fourth-order valence-electron chi connectivity index (χ4n) is 2.03. The molecule has 0 unspecified atom stereocenters. The summed E-state index contributed by atoms with van der Waals surface area (Å²) in [6.45, 7) is 6.84. The third kappa shape index (κ3) is 3.61. The Kier molecular flexibility index (Phi) is 4.63. The largest absolute Gasteiger partial charge is 0.467 e. The third-order valence-electron chi connectivity index (χ3n) is 3.26. The van der Waals surface area contributed by atoms with E-state index >= 15 is 0 Å². The van der Waals surface area contributed by atoms with Crippen LogP contribution in [0.1, 0.15) is 23.8 Å². The lowest BCUT2D eigenvalue weighted by molar-refractivity contribution is 0.500. The van der Waals surface area contributed by atoms with E-state index < -0.39 is 0 Å². The number of benzene rings is 1. The molecule has 0 aliphatic carbocycles. The quantitative estimate of drug-likeness (QED) is 0.861. The second-order valence-electron chi connectivity index (χ2n) is 4.84. The van der Waals surface area contributed by atoms with E-state index in [1.807, 2.05) is 6.07 Å². The lowest BCUT2D eigenvalue weighted by atomic mass is 10.2. The molecule has 0 radical (unpaired) electrons. The van der Waals surface area contributed by atoms with Crippen LogP contribution in [0.15, 0.2) is 41.0 Å². The molecule has 19 heavy (non-hydrogen) atoms. The van der Waals surface area contributed by atoms with Crippen LogP contribution in [0.4, 0.5) is 5.69 Å². The minimum atomic E-state index is 0.788. The Bertz CT molecular complexity index is 502. The van der Waals surface area contributed by atoms with E-state index in [-0.39, 0.29) is 0 Å². The predicted molar refractivity (Wildman–Crippen MR) is 79.4 cm³/mol. The van der Waals surface area contributed by atoms with Gasteiger partial charge in [0.2, 0.25) is 0 Å². The molecule has 0 saturated heterocycles. The van der Waals surface area contributed by atoms with Crippen molar-refractivity contribution in [3.05, 3.63) is 53.5 Å². The molecule has 3 nitrogen and oxygen atoms in total. The molecule has 0 spiro atoms. The Balaban J connectivity index is 2.04. The first-order chi connectivity index (χ1) is 9.20. The zero-order valence-electron chi connectivity index (χ0n) is 11.9. The maximum Gasteiger partial charge on any atom is 0.127 e. The maximum atomic E-state index is 5.60. The van der Waals surface area contributed by atoms with E-state index in [1.54, 1.807) is 6.26 Å². The summed E-state index contributed by atoms with van der Waals surface area (Å²) >= 11 is 0. The number of hydrogen-bond acceptors (Lipinski definition) is 3. The number of furan rings is 1. The molecule has 1 aromatic heterocycles. The molecule has 1 heterocycles. The van der Waals surface area contributed by atoms with Gasteiger partial charge in [0.15, 0.2) is 0 Å². The molecule has 0 bridgehead atoms. The van der Waals surface area contributed by atoms with E-state index in [0.717, 1.165) is 25.4 Å². The maximum absolute atomic E-state index is 5.60. The molecule has 0 amide bonds. The SMILES string of the molecule is CCNCc1ccoc1CN(C)c1ccc(C)cc1. The average Bonchev–Trinajstić information content (AvgIpc) is 2.84. The highest BCUT2D eigenvalue weighted by Gasteiger charge is 2.09. The van der Waals surface area contributed by atoms with Crippen LogP contribution >= 0.6 is 0 Å². The third-order valence-corrected chi connectivity index (χ3v) is 3.26. The van der Waals surface area contributed by atoms with Crippen molar-refractivity contribution >= 4 is 5.69 Å². The molecule has 3 heteroatoms. The molecule has 1 N–H and O–H groups in total. The summed E-state index contributed by atoms with van der Waals surface area (Å²) in [5.74, 6) is 1.03. The van der Waals surface area contributed by atoms with E-state index in [0.29, 0.717) is 0 Å². The van der Waals surface area contributed by atoms with Gasteiger partial charge < -0.3 is 14.6 Å². The molecule has 0 fully saturated rings. The van der Waals surface area contributed by atoms with Crippen LogP contribution < -0.4 is 10.2 Å². The van der Waals surface area contributed by atoms with Gasteiger partial charge >= 0.3 is 0 Å². The van der Waals surface area contributed by atoms with Crippen LogP contribution in [-0.2, 0) is 13.1 Å². The van der Waals surface area contributed by atoms with Crippen molar-refractivity contribution in [1.82, 2.24) is 5.32 Å². The summed E-state index contributed by atoms with van der Waals surface area (Å²) in [7, 11) is 2.09. The Labute approximate surface area is 115 Å². The van der Waals surface area contributed by atoms with Crippen LogP contribution in [0.2, 0.25) is 0 Å². The molecular formula is C16H22N2O. The Morgan fingerprint density at radius 3 is 2.58 bits per heavy atom. The fourth-order valence-corrected chi connectivity index (χ4v) is 2.03. The highest BCUT2D eigenvalue weighted by atomic mass is 16.3. The minimum absolute atomic E-state index is 0.788. The zero-order valence-corrected chi connectivity index (χ0v) is 11.9. The van der Waals surface area contributed by atoms with Gasteiger partial charge in [-0.3, -0.25) is 0 Å². The predicted octanol–water partition coefficient (Wildman–Crippen LogP) is 3.33. The molecule has 0 saturated carbocycles. The van der Waals surface area contributed by atoms with Gasteiger partial charge in [0.1, 0.15) is 5.76 Å². The van der Waals surface area contributed by atoms with Crippen LogP contribution in [0.5, 0.6) is 0 Å². The van der Waals surface area contributed by atoms with Crippen molar-refractivity contribution in [1.29, 1.82) is 0 Å². The Hall–Kier alpha value is -1.74. The Morgan fingerprint density at radius 1 is 1.16 bits per heavy atom. The monoisotopic (exact) mass is 258 g/mol. The standard InChI is InChI=1S/C16H22N2O/c1-4-17-11-14-9-10-19-16(14)12-18(3)15-7-5-13(2)6-8-15/h5-10,17H,4,11-12H2,1-3H3. The van der Waals surface area contributed by atoms with Crippen LogP contribution in [0.3, 0.4) is 0 Å². The number of nitrogens with zero attached hydrogens (tertiary/aromatic N) is 1. The van der Waals surface area contributed by atoms with Crippen LogP contribution in [0, 0.1) is 6.92 Å². The topological polar surface area (TPSA) is 28.4 Å². The number of nitrogens with one attached hydrogen (secondary N) is 1. The summed E-state index contributed by atoms with van der Waals surface area (Å²) < 4.78 is 5.60. The fraction of sp³-hybridized carbons (Fsp3) is 0.375. The molecule has 2 rings (SSSR count). The highest BCUT2D eigenvalue weighted by Crippen LogP contribution is 2.18. The highest BCUT2D eigenvalue weighted by molar-refractivity contribution is 5.47. The van der Waals surface area contributed by atoms with Gasteiger partial charge in [-0.05, 0) is 31.7 Å². The van der Waals surface area contributed by atoms with E-state index in [2.05, 4.69) is 55.4 Å². The van der Waals surface area contributed by atoms with Gasteiger partial charge in [-0.25, -0.2) is 0 Å². The van der Waals surface area contributed by atoms with Crippen molar-refractivity contribution in [2.75, 3.05) is 18.5 Å². The summed E-state index contributed by atoms with van der Waals surface area (Å²) in [5, 5.41) is 3.33. The number of hydrogen-bond donors (Lipinski definition) is 1. The lowest BCUT2D eigenvalue weighted by Crippen LogP contribution is -2.18. The molecule has 0 atom stereocenters. The van der Waals surface area contributed by atoms with Crippen molar-refractivity contribution < 1.29 is 4.42 Å². The number of anilines is 1. The van der Waals surface area contributed by atoms with Gasteiger partial charge in [-0.1, -0.05) is 24.6 Å². The average molecular weight is 258 g/mol. The van der Waals surface area contributed by atoms with Gasteiger partial charge in [0.25, 0.3) is 0 Å². The normalized spacial score (nSPS) is 10.7. The Morgan fingerprint density at radius 2 is 1.89 bits per heavy atom. The van der Waals surface area contributed by atoms with Crippen LogP contribution in [0.25, 0.3) is 0 Å². The lowest BCUT2D eigenvalue weighted by Gasteiger charge is -2.19. The summed E-state index contributed by atoms with van der Waals surface area (Å²) in [6.07, 6.45) is 1.77. The smallest absolute Gasteiger partial charge is 0.127 e. The molecule has 2 aromatic rings. The molecule has 102 valence electrons. The molecule has 0 aliphatic rings. The van der Waals surface area contributed by atoms with Gasteiger partial charge in [0, 0.05) is 24.8 Å². The van der Waals surface area contributed by atoms with Crippen molar-refractivity contribution in [2.45, 2.75) is 26.9 Å². The van der Waals surface area contributed by atoms with Crippen LogP contribution in [-0.4, -0.2) is 13.6 Å². The molecule has 1 aromatic carbocycles. The van der Waals surface area contributed by atoms with Crippen molar-refractivity contribution in [3.63, 3.8) is 0 Å². The number of aryl methyl sites for hydroxylation is 1. The summed E-state index contributed by atoms with van der Waals surface area (Å²) in [5.41, 5.74) is 3.72. The van der Waals surface area contributed by atoms with Gasteiger partial charge in [-0.15, -0.1) is 0 Å². The first-order valence-corrected chi connectivity index (χ1v) is 6.74. The first kappa shape index (κ1) is 13.7. The van der Waals surface area contributed by atoms with Gasteiger partial charge in [0.05, 0.1) is 12.8 Å². The second kappa shape index (κ2) is 6.43. The number of rotatable bonds is 6. The van der Waals surface area contributed by atoms with E-state index in [1.165, 1.54) is 16.8 Å². The minimum Gasteiger partial charge on any atom is -0.467 e. The zero-order chi connectivity index (χ0) is 13.7.